The van der Waals surface area contributed by atoms with E-state index in [1.165, 1.54) is 41.2 Å². The predicted octanol–water partition coefficient (Wildman–Crippen LogP) is 2.87. The van der Waals surface area contributed by atoms with Crippen LogP contribution in [0.4, 0.5) is 9.59 Å². The van der Waals surface area contributed by atoms with E-state index in [4.69, 9.17) is 9.47 Å². The van der Waals surface area contributed by atoms with Crippen LogP contribution in [-0.4, -0.2) is 80.5 Å². The number of amides is 3. The van der Waals surface area contributed by atoms with E-state index in [-0.39, 0.29) is 44.2 Å². The minimum Gasteiger partial charge on any atom is -0.465 e. The molecule has 3 rings (SSSR count). The molecule has 0 N–H and O–H groups in total. The Kier molecular flexibility index (Phi) is 8.34. The van der Waals surface area contributed by atoms with Crippen molar-refractivity contribution >= 4 is 28.1 Å². The first-order valence-electron chi connectivity index (χ1n) is 11.1. The number of methoxy groups -OCH3 is 1. The first-order chi connectivity index (χ1) is 16.7. The van der Waals surface area contributed by atoms with Crippen molar-refractivity contribution in [2.24, 2.45) is 0 Å². The summed E-state index contributed by atoms with van der Waals surface area (Å²) in [5.74, 6) is -0.517. The lowest BCUT2D eigenvalue weighted by Crippen LogP contribution is -2.54. The molecule has 0 bridgehead atoms. The first-order valence-corrected chi connectivity index (χ1v) is 12.6. The number of carbonyl (C=O) groups is 3. The van der Waals surface area contributed by atoms with Crippen molar-refractivity contribution in [3.05, 3.63) is 65.2 Å². The highest BCUT2D eigenvalue weighted by Gasteiger charge is 2.35. The van der Waals surface area contributed by atoms with Gasteiger partial charge < -0.3 is 19.3 Å². The SMILES string of the molecule is CCOC(=O)N1CCN(C(=O)N(Cc2ccc(C(=O)OC)cc2)S(=O)(=O)c2ccc(C)cc2)CC1. The lowest BCUT2D eigenvalue weighted by Gasteiger charge is -2.36. The zero-order chi connectivity index (χ0) is 25.6. The van der Waals surface area contributed by atoms with Gasteiger partial charge in [-0.25, -0.2) is 27.1 Å². The average molecular weight is 504 g/mol. The molecule has 1 aliphatic heterocycles. The van der Waals surface area contributed by atoms with Crippen molar-refractivity contribution < 1.29 is 32.3 Å². The number of rotatable bonds is 6. The van der Waals surface area contributed by atoms with Gasteiger partial charge in [0.05, 0.1) is 30.7 Å². The Morgan fingerprint density at radius 3 is 2.03 bits per heavy atom. The van der Waals surface area contributed by atoms with Gasteiger partial charge in [0.1, 0.15) is 0 Å². The van der Waals surface area contributed by atoms with E-state index in [0.717, 1.165) is 9.87 Å². The van der Waals surface area contributed by atoms with Crippen molar-refractivity contribution in [2.75, 3.05) is 39.9 Å². The van der Waals surface area contributed by atoms with Gasteiger partial charge in [0.25, 0.3) is 10.0 Å². The molecule has 0 atom stereocenters. The number of ether oxygens (including phenoxy) is 2. The van der Waals surface area contributed by atoms with Crippen LogP contribution < -0.4 is 0 Å². The largest absolute Gasteiger partial charge is 0.465 e. The fourth-order valence-corrected chi connectivity index (χ4v) is 4.95. The zero-order valence-corrected chi connectivity index (χ0v) is 20.8. The van der Waals surface area contributed by atoms with Gasteiger partial charge in [0, 0.05) is 26.2 Å². The van der Waals surface area contributed by atoms with Crippen molar-refractivity contribution in [1.29, 1.82) is 0 Å². The van der Waals surface area contributed by atoms with Crippen molar-refractivity contribution in [2.45, 2.75) is 25.3 Å². The second kappa shape index (κ2) is 11.2. The molecule has 1 saturated heterocycles. The molecular formula is C24H29N3O7S. The fourth-order valence-electron chi connectivity index (χ4n) is 3.58. The van der Waals surface area contributed by atoms with E-state index in [1.807, 2.05) is 6.92 Å². The molecule has 0 spiro atoms. The van der Waals surface area contributed by atoms with Gasteiger partial charge in [-0.1, -0.05) is 29.8 Å². The Morgan fingerprint density at radius 2 is 1.49 bits per heavy atom. The Hall–Kier alpha value is -3.60. The van der Waals surface area contributed by atoms with E-state index >= 15 is 0 Å². The summed E-state index contributed by atoms with van der Waals surface area (Å²) in [6.45, 7) is 4.36. The summed E-state index contributed by atoms with van der Waals surface area (Å²) in [6, 6.07) is 11.8. The van der Waals surface area contributed by atoms with Crippen molar-refractivity contribution in [3.8, 4) is 0 Å². The van der Waals surface area contributed by atoms with Gasteiger partial charge >= 0.3 is 18.1 Å². The number of aryl methyl sites for hydroxylation is 1. The molecule has 0 aromatic heterocycles. The average Bonchev–Trinajstić information content (AvgIpc) is 2.87. The lowest BCUT2D eigenvalue weighted by atomic mass is 10.1. The van der Waals surface area contributed by atoms with Crippen molar-refractivity contribution in [3.63, 3.8) is 0 Å². The summed E-state index contributed by atoms with van der Waals surface area (Å²) in [5.41, 5.74) is 1.72. The zero-order valence-electron chi connectivity index (χ0n) is 20.0. The molecule has 1 heterocycles. The van der Waals surface area contributed by atoms with Crippen LogP contribution in [0.5, 0.6) is 0 Å². The van der Waals surface area contributed by atoms with Crippen LogP contribution in [0.25, 0.3) is 0 Å². The number of benzene rings is 2. The van der Waals surface area contributed by atoms with E-state index in [2.05, 4.69) is 0 Å². The van der Waals surface area contributed by atoms with Gasteiger partial charge in [-0.05, 0) is 43.7 Å². The Bertz CT molecular complexity index is 1160. The number of sulfonamides is 1. The quantitative estimate of drug-likeness (QED) is 0.557. The van der Waals surface area contributed by atoms with Gasteiger partial charge in [-0.2, -0.15) is 0 Å². The normalized spacial score (nSPS) is 13.8. The number of hydrogen-bond donors (Lipinski definition) is 0. The molecule has 0 unspecified atom stereocenters. The second-order valence-electron chi connectivity index (χ2n) is 7.97. The maximum Gasteiger partial charge on any atom is 0.409 e. The summed E-state index contributed by atoms with van der Waals surface area (Å²) in [5, 5.41) is 0. The number of nitrogens with zero attached hydrogens (tertiary/aromatic N) is 3. The maximum atomic E-state index is 13.5. The highest BCUT2D eigenvalue weighted by Crippen LogP contribution is 2.22. The topological polar surface area (TPSA) is 114 Å². The molecule has 2 aromatic carbocycles. The smallest absolute Gasteiger partial charge is 0.409 e. The van der Waals surface area contributed by atoms with E-state index < -0.39 is 28.1 Å². The molecule has 10 nitrogen and oxygen atoms in total. The summed E-state index contributed by atoms with van der Waals surface area (Å²) >= 11 is 0. The molecule has 0 saturated carbocycles. The van der Waals surface area contributed by atoms with Crippen LogP contribution >= 0.6 is 0 Å². The summed E-state index contributed by atoms with van der Waals surface area (Å²) in [6.07, 6.45) is -0.463. The third-order valence-electron chi connectivity index (χ3n) is 5.60. The predicted molar refractivity (Wildman–Crippen MR) is 127 cm³/mol. The Balaban J connectivity index is 1.86. The fraction of sp³-hybridized carbons (Fsp3) is 0.375. The molecule has 0 radical (unpaired) electrons. The third kappa shape index (κ3) is 6.10. The minimum absolute atomic E-state index is 0.00668. The Morgan fingerprint density at radius 1 is 0.914 bits per heavy atom. The number of hydrogen-bond acceptors (Lipinski definition) is 7. The molecule has 2 aromatic rings. The monoisotopic (exact) mass is 503 g/mol. The molecule has 0 aliphatic carbocycles. The molecule has 188 valence electrons. The van der Waals surface area contributed by atoms with Gasteiger partial charge in [0.15, 0.2) is 0 Å². The van der Waals surface area contributed by atoms with E-state index in [1.54, 1.807) is 31.2 Å². The van der Waals surface area contributed by atoms with E-state index in [0.29, 0.717) is 11.1 Å². The highest BCUT2D eigenvalue weighted by atomic mass is 32.2. The molecular weight excluding hydrogens is 474 g/mol. The Labute approximate surface area is 205 Å². The standard InChI is InChI=1S/C24H29N3O7S/c1-4-34-24(30)26-15-13-25(14-16-26)23(29)27(35(31,32)21-11-5-18(2)6-12-21)17-19-7-9-20(10-8-19)22(28)33-3/h5-12H,4,13-17H2,1-3H3. The van der Waals surface area contributed by atoms with Gasteiger partial charge in [-0.3, -0.25) is 0 Å². The minimum atomic E-state index is -4.19. The molecule has 1 aliphatic rings. The van der Waals surface area contributed by atoms with Crippen LogP contribution in [0.3, 0.4) is 0 Å². The number of piperazine rings is 1. The van der Waals surface area contributed by atoms with Crippen LogP contribution in [-0.2, 0) is 26.0 Å². The van der Waals surface area contributed by atoms with E-state index in [9.17, 15) is 22.8 Å². The molecule has 35 heavy (non-hydrogen) atoms. The van der Waals surface area contributed by atoms with Crippen LogP contribution in [0.1, 0.15) is 28.4 Å². The second-order valence-corrected chi connectivity index (χ2v) is 9.83. The van der Waals surface area contributed by atoms with Gasteiger partial charge in [-0.15, -0.1) is 0 Å². The van der Waals surface area contributed by atoms with Crippen molar-refractivity contribution in [1.82, 2.24) is 14.1 Å². The van der Waals surface area contributed by atoms with Crippen LogP contribution in [0.15, 0.2) is 53.4 Å². The van der Waals surface area contributed by atoms with Crippen LogP contribution in [0.2, 0.25) is 0 Å². The lowest BCUT2D eigenvalue weighted by molar-refractivity contribution is 0.0600. The molecule has 1 fully saturated rings. The molecule has 11 heteroatoms. The molecule has 3 amide bonds. The number of urea groups is 1. The van der Waals surface area contributed by atoms with Gasteiger partial charge in [0.2, 0.25) is 0 Å². The number of carbonyl (C=O) groups excluding carboxylic acids is 3. The summed E-state index contributed by atoms with van der Waals surface area (Å²) in [4.78, 5) is 40.1. The third-order valence-corrected chi connectivity index (χ3v) is 7.33. The maximum absolute atomic E-state index is 13.5. The number of esters is 1. The summed E-state index contributed by atoms with van der Waals surface area (Å²) < 4.78 is 37.6. The highest BCUT2D eigenvalue weighted by molar-refractivity contribution is 7.89. The van der Waals surface area contributed by atoms with Crippen LogP contribution in [0, 0.1) is 6.92 Å². The first kappa shape index (κ1) is 26.0. The summed E-state index contributed by atoms with van der Waals surface area (Å²) in [7, 11) is -2.92.